The number of Topliss-reactive ketones (excluding diaryl/α,β-unsaturated/α-hetero) is 2. The Hall–Kier alpha value is -0.750. The third-order valence-corrected chi connectivity index (χ3v) is 8.86. The summed E-state index contributed by atoms with van der Waals surface area (Å²) in [5, 5.41) is 19.5. The van der Waals surface area contributed by atoms with Gasteiger partial charge in [-0.2, -0.15) is 35.3 Å². The highest BCUT2D eigenvalue weighted by Gasteiger charge is 2.32. The van der Waals surface area contributed by atoms with E-state index in [-0.39, 0.29) is 57.3 Å². The Morgan fingerprint density at radius 1 is 0.844 bits per heavy atom. The fourth-order valence-corrected chi connectivity index (χ4v) is 6.51. The molecule has 0 bridgehead atoms. The first-order valence-corrected chi connectivity index (χ1v) is 14.3. The van der Waals surface area contributed by atoms with Crippen LogP contribution in [0.5, 0.6) is 0 Å². The maximum Gasteiger partial charge on any atom is 0.307 e. The Labute approximate surface area is 202 Å². The van der Waals surface area contributed by atoms with E-state index in [4.69, 9.17) is 14.6 Å². The Balaban J connectivity index is 2.12. The van der Waals surface area contributed by atoms with Gasteiger partial charge in [0.2, 0.25) is 0 Å². The molecule has 4 atom stereocenters. The summed E-state index contributed by atoms with van der Waals surface area (Å²) in [6, 6.07) is 0. The number of aliphatic carboxylic acids is 2. The Kier molecular flexibility index (Phi) is 15.4. The van der Waals surface area contributed by atoms with E-state index in [0.717, 1.165) is 6.42 Å². The summed E-state index contributed by atoms with van der Waals surface area (Å²) in [6.07, 6.45) is 6.34. The second-order valence-corrected chi connectivity index (χ2v) is 10.9. The molecule has 4 unspecified atom stereocenters. The molecule has 1 fully saturated rings. The van der Waals surface area contributed by atoms with Crippen LogP contribution in [0.3, 0.4) is 0 Å². The van der Waals surface area contributed by atoms with Gasteiger partial charge in [0.05, 0.1) is 25.0 Å². The summed E-state index contributed by atoms with van der Waals surface area (Å²) in [5.41, 5.74) is 0. The first-order chi connectivity index (χ1) is 15.3. The van der Waals surface area contributed by atoms with Gasteiger partial charge in [-0.1, -0.05) is 0 Å². The number of ether oxygens (including phenoxy) is 2. The van der Waals surface area contributed by atoms with Gasteiger partial charge in [-0.05, 0) is 25.4 Å². The van der Waals surface area contributed by atoms with Gasteiger partial charge in [-0.25, -0.2) is 0 Å². The lowest BCUT2D eigenvalue weighted by Gasteiger charge is -2.35. The topological polar surface area (TPSA) is 127 Å². The van der Waals surface area contributed by atoms with Crippen LogP contribution in [0.1, 0.15) is 38.5 Å². The molecule has 2 N–H and O–H groups in total. The van der Waals surface area contributed by atoms with Gasteiger partial charge in [0, 0.05) is 47.7 Å². The number of thioether (sulfide) groups is 3. The SMILES string of the molecule is CSCC(CC(=O)CCOCOCCC(=O)CC(CSC1CCC1SC)C(=O)O)C(=O)O. The number of hydrogen-bond donors (Lipinski definition) is 2. The number of rotatable bonds is 20. The van der Waals surface area contributed by atoms with E-state index in [1.807, 2.05) is 11.8 Å². The molecule has 0 aromatic rings. The normalized spacial score (nSPS) is 19.7. The highest BCUT2D eigenvalue weighted by molar-refractivity contribution is 8.03. The average molecular weight is 511 g/mol. The van der Waals surface area contributed by atoms with Gasteiger partial charge in [-0.3, -0.25) is 19.2 Å². The molecule has 8 nitrogen and oxygen atoms in total. The largest absolute Gasteiger partial charge is 0.481 e. The smallest absolute Gasteiger partial charge is 0.307 e. The maximum absolute atomic E-state index is 12.1. The number of carboxylic acids is 2. The molecule has 0 saturated heterocycles. The Morgan fingerprint density at radius 2 is 1.34 bits per heavy atom. The van der Waals surface area contributed by atoms with Crippen LogP contribution < -0.4 is 0 Å². The molecule has 184 valence electrons. The minimum Gasteiger partial charge on any atom is -0.481 e. The Bertz CT molecular complexity index is 614. The van der Waals surface area contributed by atoms with E-state index in [1.54, 1.807) is 18.0 Å². The molecule has 0 amide bonds. The van der Waals surface area contributed by atoms with Crippen LogP contribution >= 0.6 is 35.3 Å². The van der Waals surface area contributed by atoms with Crippen LogP contribution in [-0.2, 0) is 28.7 Å². The van der Waals surface area contributed by atoms with Crippen LogP contribution in [0.2, 0.25) is 0 Å². The number of carbonyl (C=O) groups is 4. The molecule has 0 radical (unpaired) electrons. The van der Waals surface area contributed by atoms with Gasteiger partial charge in [0.15, 0.2) is 0 Å². The molecule has 32 heavy (non-hydrogen) atoms. The van der Waals surface area contributed by atoms with Crippen molar-refractivity contribution < 1.29 is 38.9 Å². The van der Waals surface area contributed by atoms with Gasteiger partial charge in [0.25, 0.3) is 0 Å². The van der Waals surface area contributed by atoms with E-state index < -0.39 is 23.8 Å². The zero-order chi connectivity index (χ0) is 23.9. The second kappa shape index (κ2) is 16.8. The lowest BCUT2D eigenvalue weighted by molar-refractivity contribution is -0.143. The minimum atomic E-state index is -0.974. The second-order valence-electron chi connectivity index (χ2n) is 7.67. The minimum absolute atomic E-state index is 0.00149. The quantitative estimate of drug-likeness (QED) is 0.185. The molecule has 1 rings (SSSR count). The van der Waals surface area contributed by atoms with E-state index >= 15 is 0 Å². The molecular formula is C21H34O8S3. The molecule has 1 saturated carbocycles. The first kappa shape index (κ1) is 29.3. The van der Waals surface area contributed by atoms with Crippen LogP contribution in [0.15, 0.2) is 0 Å². The van der Waals surface area contributed by atoms with Crippen molar-refractivity contribution >= 4 is 58.8 Å². The van der Waals surface area contributed by atoms with Crippen LogP contribution in [0.4, 0.5) is 0 Å². The van der Waals surface area contributed by atoms with Crippen LogP contribution in [0.25, 0.3) is 0 Å². The average Bonchev–Trinajstić information content (AvgIpc) is 2.71. The van der Waals surface area contributed by atoms with Crippen molar-refractivity contribution in [2.75, 3.05) is 44.0 Å². The third-order valence-electron chi connectivity index (χ3n) is 5.20. The fraction of sp³-hybridized carbons (Fsp3) is 0.810. The van der Waals surface area contributed by atoms with E-state index in [9.17, 15) is 24.3 Å². The van der Waals surface area contributed by atoms with Crippen molar-refractivity contribution in [1.82, 2.24) is 0 Å². The van der Waals surface area contributed by atoms with Crippen molar-refractivity contribution in [1.29, 1.82) is 0 Å². The van der Waals surface area contributed by atoms with Gasteiger partial charge < -0.3 is 19.7 Å². The monoisotopic (exact) mass is 510 g/mol. The maximum atomic E-state index is 12.1. The number of carbonyl (C=O) groups excluding carboxylic acids is 2. The van der Waals surface area contributed by atoms with Crippen molar-refractivity contribution in [3.05, 3.63) is 0 Å². The van der Waals surface area contributed by atoms with Gasteiger partial charge in [-0.15, -0.1) is 0 Å². The van der Waals surface area contributed by atoms with E-state index in [0.29, 0.717) is 22.0 Å². The van der Waals surface area contributed by atoms with E-state index in [2.05, 4.69) is 6.26 Å². The number of carboxylic acid groups (broad SMARTS) is 2. The Morgan fingerprint density at radius 3 is 1.75 bits per heavy atom. The molecule has 1 aliphatic rings. The summed E-state index contributed by atoms with van der Waals surface area (Å²) in [7, 11) is 0. The van der Waals surface area contributed by atoms with Crippen LogP contribution in [-0.4, -0.2) is 88.2 Å². The van der Waals surface area contributed by atoms with Crippen molar-refractivity contribution in [2.24, 2.45) is 11.8 Å². The standard InChI is InChI=1S/C21H34O8S3/c1-30-11-14(20(24)25)9-16(22)5-7-28-13-29-8-6-17(23)10-15(21(26)27)12-32-19-4-3-18(19)31-2/h14-15,18-19H,3-13H2,1-2H3,(H,24,25)(H,26,27). The summed E-state index contributed by atoms with van der Waals surface area (Å²) in [6.45, 7) is 0.164. The lowest BCUT2D eigenvalue weighted by Crippen LogP contribution is -2.33. The summed E-state index contributed by atoms with van der Waals surface area (Å²) in [5.74, 6) is -2.78. The lowest BCUT2D eigenvalue weighted by atomic mass is 9.99. The number of ketones is 2. The fourth-order valence-electron chi connectivity index (χ4n) is 3.08. The molecule has 0 aliphatic heterocycles. The zero-order valence-electron chi connectivity index (χ0n) is 18.7. The van der Waals surface area contributed by atoms with Crippen molar-refractivity contribution in [2.45, 2.75) is 49.0 Å². The third kappa shape index (κ3) is 11.9. The summed E-state index contributed by atoms with van der Waals surface area (Å²) in [4.78, 5) is 46.5. The molecule has 1 aliphatic carbocycles. The van der Waals surface area contributed by atoms with Gasteiger partial charge in [0.1, 0.15) is 18.4 Å². The van der Waals surface area contributed by atoms with E-state index in [1.165, 1.54) is 18.2 Å². The predicted molar refractivity (Wildman–Crippen MR) is 129 cm³/mol. The molecule has 0 aromatic carbocycles. The molecule has 0 heterocycles. The molecular weight excluding hydrogens is 476 g/mol. The van der Waals surface area contributed by atoms with Crippen molar-refractivity contribution in [3.63, 3.8) is 0 Å². The molecule has 11 heteroatoms. The number of hydrogen-bond acceptors (Lipinski definition) is 9. The summed E-state index contributed by atoms with van der Waals surface area (Å²) >= 11 is 4.85. The van der Waals surface area contributed by atoms with Crippen LogP contribution in [0, 0.1) is 11.8 Å². The predicted octanol–water partition coefficient (Wildman–Crippen LogP) is 3.07. The van der Waals surface area contributed by atoms with Crippen molar-refractivity contribution in [3.8, 4) is 0 Å². The summed E-state index contributed by atoms with van der Waals surface area (Å²) < 4.78 is 10.4. The molecule has 0 aromatic heterocycles. The highest BCUT2D eigenvalue weighted by Crippen LogP contribution is 2.39. The van der Waals surface area contributed by atoms with Gasteiger partial charge >= 0.3 is 11.9 Å². The zero-order valence-corrected chi connectivity index (χ0v) is 21.1. The first-order valence-electron chi connectivity index (χ1n) is 10.6. The highest BCUT2D eigenvalue weighted by atomic mass is 32.2. The molecule has 0 spiro atoms.